The molecule has 0 radical (unpaired) electrons. The highest BCUT2D eigenvalue weighted by atomic mass is 19.1. The van der Waals surface area contributed by atoms with E-state index in [4.69, 9.17) is 0 Å². The molecule has 3 nitrogen and oxygen atoms in total. The van der Waals surface area contributed by atoms with Crippen molar-refractivity contribution in [2.75, 3.05) is 13.1 Å². The van der Waals surface area contributed by atoms with Gasteiger partial charge in [-0.25, -0.2) is 4.39 Å². The minimum atomic E-state index is -0.471. The van der Waals surface area contributed by atoms with Crippen molar-refractivity contribution in [3.8, 4) is 0 Å². The average Bonchev–Trinajstić information content (AvgIpc) is 2.32. The number of rotatable bonds is 2. The molecule has 2 rings (SSSR count). The summed E-state index contributed by atoms with van der Waals surface area (Å²) in [6.07, 6.45) is 1.03. The van der Waals surface area contributed by atoms with Gasteiger partial charge in [0.05, 0.1) is 5.56 Å². The lowest BCUT2D eigenvalue weighted by Crippen LogP contribution is -2.50. The number of piperidine rings is 1. The maximum atomic E-state index is 13.4. The smallest absolute Gasteiger partial charge is 0.254 e. The SMILES string of the molecule is CC1CCNCC1NC(=O)c1ccccc1F. The number of carbonyl (C=O) groups is 1. The van der Waals surface area contributed by atoms with Gasteiger partial charge < -0.3 is 10.6 Å². The van der Waals surface area contributed by atoms with E-state index in [9.17, 15) is 9.18 Å². The topological polar surface area (TPSA) is 41.1 Å². The van der Waals surface area contributed by atoms with Gasteiger partial charge in [0, 0.05) is 12.6 Å². The quantitative estimate of drug-likeness (QED) is 0.818. The summed E-state index contributed by atoms with van der Waals surface area (Å²) in [5.41, 5.74) is 0.116. The van der Waals surface area contributed by atoms with Gasteiger partial charge in [0.1, 0.15) is 5.82 Å². The molecule has 1 amide bonds. The first kappa shape index (κ1) is 12.0. The number of nitrogens with one attached hydrogen (secondary N) is 2. The minimum Gasteiger partial charge on any atom is -0.348 e. The lowest BCUT2D eigenvalue weighted by molar-refractivity contribution is 0.0911. The van der Waals surface area contributed by atoms with Crippen molar-refractivity contribution >= 4 is 5.91 Å². The first-order valence-electron chi connectivity index (χ1n) is 5.94. The number of carbonyl (C=O) groups excluding carboxylic acids is 1. The van der Waals surface area contributed by atoms with Crippen LogP contribution in [-0.4, -0.2) is 25.0 Å². The predicted octanol–water partition coefficient (Wildman–Crippen LogP) is 1.55. The van der Waals surface area contributed by atoms with Crippen LogP contribution in [0.15, 0.2) is 24.3 Å². The Kier molecular flexibility index (Phi) is 3.74. The monoisotopic (exact) mass is 236 g/mol. The zero-order valence-corrected chi connectivity index (χ0v) is 9.87. The zero-order chi connectivity index (χ0) is 12.3. The summed E-state index contributed by atoms with van der Waals surface area (Å²) in [6.45, 7) is 3.84. The van der Waals surface area contributed by atoms with E-state index in [1.165, 1.54) is 12.1 Å². The first-order valence-corrected chi connectivity index (χ1v) is 5.94. The average molecular weight is 236 g/mol. The van der Waals surface area contributed by atoms with Gasteiger partial charge >= 0.3 is 0 Å². The lowest BCUT2D eigenvalue weighted by atomic mass is 9.94. The summed E-state index contributed by atoms with van der Waals surface area (Å²) in [7, 11) is 0. The molecule has 0 bridgehead atoms. The molecule has 92 valence electrons. The Morgan fingerprint density at radius 2 is 2.24 bits per heavy atom. The molecule has 1 aliphatic rings. The van der Waals surface area contributed by atoms with Crippen LogP contribution in [0.25, 0.3) is 0 Å². The van der Waals surface area contributed by atoms with Crippen LogP contribution in [0.3, 0.4) is 0 Å². The molecule has 0 aromatic heterocycles. The molecule has 2 unspecified atom stereocenters. The van der Waals surface area contributed by atoms with E-state index in [1.54, 1.807) is 12.1 Å². The van der Waals surface area contributed by atoms with Crippen LogP contribution in [0.1, 0.15) is 23.7 Å². The fraction of sp³-hybridized carbons (Fsp3) is 0.462. The van der Waals surface area contributed by atoms with Crippen LogP contribution in [0.2, 0.25) is 0 Å². The molecule has 2 atom stereocenters. The Morgan fingerprint density at radius 1 is 1.47 bits per heavy atom. The third-order valence-electron chi connectivity index (χ3n) is 3.26. The van der Waals surface area contributed by atoms with E-state index in [2.05, 4.69) is 17.6 Å². The molecule has 1 aromatic rings. The largest absolute Gasteiger partial charge is 0.348 e. The predicted molar refractivity (Wildman–Crippen MR) is 64.3 cm³/mol. The van der Waals surface area contributed by atoms with Crippen molar-refractivity contribution in [1.29, 1.82) is 0 Å². The fourth-order valence-corrected chi connectivity index (χ4v) is 2.07. The number of hydrogen-bond donors (Lipinski definition) is 2. The molecule has 1 aliphatic heterocycles. The summed E-state index contributed by atoms with van der Waals surface area (Å²) in [6, 6.07) is 6.14. The number of benzene rings is 1. The van der Waals surface area contributed by atoms with Crippen LogP contribution in [-0.2, 0) is 0 Å². The first-order chi connectivity index (χ1) is 8.18. The molecule has 1 saturated heterocycles. The molecule has 0 spiro atoms. The lowest BCUT2D eigenvalue weighted by Gasteiger charge is -2.30. The number of amides is 1. The highest BCUT2D eigenvalue weighted by molar-refractivity contribution is 5.94. The molecular weight excluding hydrogens is 219 g/mol. The van der Waals surface area contributed by atoms with Gasteiger partial charge in [-0.05, 0) is 31.0 Å². The Labute approximate surface area is 100 Å². The Morgan fingerprint density at radius 3 is 2.94 bits per heavy atom. The molecule has 17 heavy (non-hydrogen) atoms. The molecule has 0 saturated carbocycles. The van der Waals surface area contributed by atoms with Crippen LogP contribution in [0.5, 0.6) is 0 Å². The van der Waals surface area contributed by atoms with E-state index in [-0.39, 0.29) is 17.5 Å². The normalized spacial score (nSPS) is 24.4. The maximum Gasteiger partial charge on any atom is 0.254 e. The number of hydrogen-bond acceptors (Lipinski definition) is 2. The third kappa shape index (κ3) is 2.82. The highest BCUT2D eigenvalue weighted by Gasteiger charge is 2.23. The molecule has 1 fully saturated rings. The highest BCUT2D eigenvalue weighted by Crippen LogP contribution is 2.13. The van der Waals surface area contributed by atoms with Crippen LogP contribution in [0.4, 0.5) is 4.39 Å². The van der Waals surface area contributed by atoms with E-state index in [0.29, 0.717) is 5.92 Å². The summed E-state index contributed by atoms with van der Waals surface area (Å²) in [5.74, 6) is -0.378. The van der Waals surface area contributed by atoms with Gasteiger partial charge in [-0.15, -0.1) is 0 Å². The van der Waals surface area contributed by atoms with Gasteiger partial charge in [0.15, 0.2) is 0 Å². The summed E-state index contributed by atoms with van der Waals surface area (Å²) >= 11 is 0. The third-order valence-corrected chi connectivity index (χ3v) is 3.26. The molecule has 2 N–H and O–H groups in total. The molecule has 4 heteroatoms. The Bertz CT molecular complexity index is 408. The Balaban J connectivity index is 2.04. The molecule has 0 aliphatic carbocycles. The van der Waals surface area contributed by atoms with Crippen molar-refractivity contribution in [1.82, 2.24) is 10.6 Å². The number of halogens is 1. The van der Waals surface area contributed by atoms with Crippen molar-refractivity contribution in [3.63, 3.8) is 0 Å². The van der Waals surface area contributed by atoms with Gasteiger partial charge in [0.2, 0.25) is 0 Å². The summed E-state index contributed by atoms with van der Waals surface area (Å²) in [4.78, 5) is 11.9. The molecule has 1 heterocycles. The maximum absolute atomic E-state index is 13.4. The van der Waals surface area contributed by atoms with Crippen LogP contribution in [0, 0.1) is 11.7 Å². The fourth-order valence-electron chi connectivity index (χ4n) is 2.07. The van der Waals surface area contributed by atoms with Crippen molar-refractivity contribution in [2.24, 2.45) is 5.92 Å². The second-order valence-electron chi connectivity index (χ2n) is 4.53. The second kappa shape index (κ2) is 5.27. The van der Waals surface area contributed by atoms with Gasteiger partial charge in [-0.1, -0.05) is 19.1 Å². The van der Waals surface area contributed by atoms with Gasteiger partial charge in [0.25, 0.3) is 5.91 Å². The van der Waals surface area contributed by atoms with Crippen molar-refractivity contribution in [3.05, 3.63) is 35.6 Å². The second-order valence-corrected chi connectivity index (χ2v) is 4.53. The van der Waals surface area contributed by atoms with Gasteiger partial charge in [-0.3, -0.25) is 4.79 Å². The zero-order valence-electron chi connectivity index (χ0n) is 9.87. The van der Waals surface area contributed by atoms with Crippen LogP contribution < -0.4 is 10.6 Å². The standard InChI is InChI=1S/C13H17FN2O/c1-9-6-7-15-8-12(9)16-13(17)10-4-2-3-5-11(10)14/h2-5,9,12,15H,6-8H2,1H3,(H,16,17). The van der Waals surface area contributed by atoms with E-state index >= 15 is 0 Å². The molecule has 1 aromatic carbocycles. The minimum absolute atomic E-state index is 0.0795. The molecular formula is C13H17FN2O. The van der Waals surface area contributed by atoms with Crippen LogP contribution >= 0.6 is 0 Å². The van der Waals surface area contributed by atoms with Crippen molar-refractivity contribution < 1.29 is 9.18 Å². The Hall–Kier alpha value is -1.42. The van der Waals surface area contributed by atoms with E-state index < -0.39 is 5.82 Å². The van der Waals surface area contributed by atoms with E-state index in [1.807, 2.05) is 0 Å². The van der Waals surface area contributed by atoms with Gasteiger partial charge in [-0.2, -0.15) is 0 Å². The summed E-state index contributed by atoms with van der Waals surface area (Å²) < 4.78 is 13.4. The van der Waals surface area contributed by atoms with Crippen molar-refractivity contribution in [2.45, 2.75) is 19.4 Å². The summed E-state index contributed by atoms with van der Waals surface area (Å²) in [5, 5.41) is 6.11. The van der Waals surface area contributed by atoms with E-state index in [0.717, 1.165) is 19.5 Å².